The molecule has 0 radical (unpaired) electrons. The number of alkyl halides is 1. The quantitative estimate of drug-likeness (QED) is 0.543. The Kier molecular flexibility index (Phi) is 1.66. The Morgan fingerprint density at radius 3 is 3.00 bits per heavy atom. The molecule has 2 rings (SSSR count). The number of benzene rings is 1. The number of nitrogen functional groups attached to an aromatic ring is 1. The van der Waals surface area contributed by atoms with E-state index in [1.54, 1.807) is 6.07 Å². The van der Waals surface area contributed by atoms with Crippen molar-refractivity contribution in [3.8, 4) is 0 Å². The molecule has 0 fully saturated rings. The molecular weight excluding hydrogens is 176 g/mol. The van der Waals surface area contributed by atoms with E-state index < -0.39 is 0 Å². The van der Waals surface area contributed by atoms with E-state index in [9.17, 15) is 0 Å². The number of oxazole rings is 1. The van der Waals surface area contributed by atoms with E-state index in [2.05, 4.69) is 4.98 Å². The molecule has 4 heteroatoms. The van der Waals surface area contributed by atoms with Crippen LogP contribution in [0.3, 0.4) is 0 Å². The Morgan fingerprint density at radius 1 is 1.50 bits per heavy atom. The molecule has 0 bridgehead atoms. The zero-order valence-electron chi connectivity index (χ0n) is 6.25. The highest BCUT2D eigenvalue weighted by Gasteiger charge is 2.05. The molecule has 0 aliphatic rings. The summed E-state index contributed by atoms with van der Waals surface area (Å²) in [6.07, 6.45) is 0. The van der Waals surface area contributed by atoms with Crippen LogP contribution in [0.1, 0.15) is 5.89 Å². The number of hydrogen-bond acceptors (Lipinski definition) is 3. The van der Waals surface area contributed by atoms with Gasteiger partial charge < -0.3 is 10.2 Å². The van der Waals surface area contributed by atoms with Crippen LogP contribution in [-0.4, -0.2) is 4.98 Å². The van der Waals surface area contributed by atoms with E-state index in [0.29, 0.717) is 22.7 Å². The lowest BCUT2D eigenvalue weighted by molar-refractivity contribution is 0.555. The highest BCUT2D eigenvalue weighted by molar-refractivity contribution is 6.16. The highest BCUT2D eigenvalue weighted by Crippen LogP contribution is 2.21. The second kappa shape index (κ2) is 2.68. The monoisotopic (exact) mass is 182 g/mol. The van der Waals surface area contributed by atoms with Crippen LogP contribution >= 0.6 is 11.6 Å². The third-order valence-corrected chi connectivity index (χ3v) is 1.84. The molecule has 0 atom stereocenters. The number of aromatic nitrogens is 1. The molecule has 1 heterocycles. The molecule has 12 heavy (non-hydrogen) atoms. The molecule has 0 spiro atoms. The van der Waals surface area contributed by atoms with E-state index in [0.717, 1.165) is 0 Å². The van der Waals surface area contributed by atoms with Gasteiger partial charge in [-0.1, -0.05) is 6.07 Å². The summed E-state index contributed by atoms with van der Waals surface area (Å²) < 4.78 is 5.27. The number of nitrogens with zero attached hydrogens (tertiary/aromatic N) is 1. The maximum absolute atomic E-state index is 5.66. The van der Waals surface area contributed by atoms with Crippen LogP contribution in [0.15, 0.2) is 22.6 Å². The second-order valence-electron chi connectivity index (χ2n) is 2.44. The lowest BCUT2D eigenvalue weighted by Crippen LogP contribution is -1.85. The standard InChI is InChI=1S/C8H7ClN2O/c9-4-7-11-8-5(10)2-1-3-6(8)12-7/h1-3H,4,10H2. The summed E-state index contributed by atoms with van der Waals surface area (Å²) in [5, 5.41) is 0. The van der Waals surface area contributed by atoms with Crippen molar-refractivity contribution in [3.05, 3.63) is 24.1 Å². The van der Waals surface area contributed by atoms with Crippen LogP contribution in [0.25, 0.3) is 11.1 Å². The molecule has 62 valence electrons. The van der Waals surface area contributed by atoms with Crippen molar-refractivity contribution in [2.45, 2.75) is 5.88 Å². The van der Waals surface area contributed by atoms with Crippen molar-refractivity contribution >= 4 is 28.4 Å². The van der Waals surface area contributed by atoms with Gasteiger partial charge in [-0.15, -0.1) is 11.6 Å². The minimum Gasteiger partial charge on any atom is -0.439 e. The SMILES string of the molecule is Nc1cccc2oc(CCl)nc12. The van der Waals surface area contributed by atoms with Gasteiger partial charge >= 0.3 is 0 Å². The molecule has 3 nitrogen and oxygen atoms in total. The van der Waals surface area contributed by atoms with Crippen molar-refractivity contribution in [3.63, 3.8) is 0 Å². The number of anilines is 1. The first kappa shape index (κ1) is 7.43. The lowest BCUT2D eigenvalue weighted by Gasteiger charge is -1.89. The third kappa shape index (κ3) is 1.02. The normalized spacial score (nSPS) is 10.8. The molecule has 0 saturated carbocycles. The van der Waals surface area contributed by atoms with Crippen LogP contribution in [0, 0.1) is 0 Å². The largest absolute Gasteiger partial charge is 0.439 e. The summed E-state index contributed by atoms with van der Waals surface area (Å²) in [6.45, 7) is 0. The van der Waals surface area contributed by atoms with Crippen LogP contribution < -0.4 is 5.73 Å². The predicted molar refractivity (Wildman–Crippen MR) is 48.0 cm³/mol. The number of nitrogens with two attached hydrogens (primary N) is 1. The summed E-state index contributed by atoms with van der Waals surface area (Å²) in [5.41, 5.74) is 7.65. The van der Waals surface area contributed by atoms with Gasteiger partial charge in [0.1, 0.15) is 5.52 Å². The molecule has 2 aromatic rings. The zero-order chi connectivity index (χ0) is 8.55. The fourth-order valence-corrected chi connectivity index (χ4v) is 1.19. The minimum absolute atomic E-state index is 0.272. The maximum atomic E-state index is 5.66. The lowest BCUT2D eigenvalue weighted by atomic mass is 10.3. The Morgan fingerprint density at radius 2 is 2.33 bits per heavy atom. The molecule has 2 N–H and O–H groups in total. The van der Waals surface area contributed by atoms with E-state index >= 15 is 0 Å². The van der Waals surface area contributed by atoms with Gasteiger partial charge in [-0.2, -0.15) is 0 Å². The van der Waals surface area contributed by atoms with Gasteiger partial charge in [0.05, 0.1) is 11.6 Å². The summed E-state index contributed by atoms with van der Waals surface area (Å²) in [4.78, 5) is 4.11. The average molecular weight is 183 g/mol. The zero-order valence-corrected chi connectivity index (χ0v) is 7.01. The minimum atomic E-state index is 0.272. The number of rotatable bonds is 1. The first-order valence-electron chi connectivity index (χ1n) is 3.51. The number of fused-ring (bicyclic) bond motifs is 1. The molecule has 0 aliphatic carbocycles. The van der Waals surface area contributed by atoms with Crippen LogP contribution in [0.2, 0.25) is 0 Å². The highest BCUT2D eigenvalue weighted by atomic mass is 35.5. The molecule has 0 saturated heterocycles. The van der Waals surface area contributed by atoms with Crippen molar-refractivity contribution < 1.29 is 4.42 Å². The second-order valence-corrected chi connectivity index (χ2v) is 2.70. The number of halogens is 1. The van der Waals surface area contributed by atoms with E-state index in [1.807, 2.05) is 12.1 Å². The van der Waals surface area contributed by atoms with Crippen LogP contribution in [-0.2, 0) is 5.88 Å². The van der Waals surface area contributed by atoms with Crippen LogP contribution in [0.5, 0.6) is 0 Å². The maximum Gasteiger partial charge on any atom is 0.210 e. The van der Waals surface area contributed by atoms with Gasteiger partial charge in [0, 0.05) is 0 Å². The van der Waals surface area contributed by atoms with Gasteiger partial charge in [-0.3, -0.25) is 0 Å². The smallest absolute Gasteiger partial charge is 0.210 e. The fourth-order valence-electron chi connectivity index (χ4n) is 1.07. The fraction of sp³-hybridized carbons (Fsp3) is 0.125. The Balaban J connectivity index is 2.74. The van der Waals surface area contributed by atoms with Gasteiger partial charge in [0.15, 0.2) is 5.58 Å². The average Bonchev–Trinajstić information content (AvgIpc) is 2.49. The summed E-state index contributed by atoms with van der Waals surface area (Å²) >= 11 is 5.55. The van der Waals surface area contributed by atoms with E-state index in [1.165, 1.54) is 0 Å². The van der Waals surface area contributed by atoms with Gasteiger partial charge in [0.2, 0.25) is 5.89 Å². The Labute approximate surface area is 74.1 Å². The van der Waals surface area contributed by atoms with Crippen LogP contribution in [0.4, 0.5) is 5.69 Å². The first-order valence-corrected chi connectivity index (χ1v) is 4.04. The van der Waals surface area contributed by atoms with Crippen molar-refractivity contribution in [2.24, 2.45) is 0 Å². The molecule has 1 aromatic carbocycles. The molecular formula is C8H7ClN2O. The van der Waals surface area contributed by atoms with E-state index in [4.69, 9.17) is 21.8 Å². The van der Waals surface area contributed by atoms with Crippen molar-refractivity contribution in [2.75, 3.05) is 5.73 Å². The van der Waals surface area contributed by atoms with Crippen molar-refractivity contribution in [1.82, 2.24) is 4.98 Å². The molecule has 0 unspecified atom stereocenters. The Bertz CT molecular complexity index is 410. The third-order valence-electron chi connectivity index (χ3n) is 1.61. The topological polar surface area (TPSA) is 52.0 Å². The first-order chi connectivity index (χ1) is 5.81. The summed E-state index contributed by atoms with van der Waals surface area (Å²) in [6, 6.07) is 5.42. The van der Waals surface area contributed by atoms with Gasteiger partial charge in [-0.05, 0) is 12.1 Å². The van der Waals surface area contributed by atoms with E-state index in [-0.39, 0.29) is 5.88 Å². The molecule has 1 aromatic heterocycles. The van der Waals surface area contributed by atoms with Gasteiger partial charge in [0.25, 0.3) is 0 Å². The van der Waals surface area contributed by atoms with Gasteiger partial charge in [-0.25, -0.2) is 4.98 Å². The predicted octanol–water partition coefficient (Wildman–Crippen LogP) is 2.15. The number of para-hydroxylation sites is 1. The van der Waals surface area contributed by atoms with Crippen molar-refractivity contribution in [1.29, 1.82) is 0 Å². The number of hydrogen-bond donors (Lipinski definition) is 1. The molecule has 0 amide bonds. The summed E-state index contributed by atoms with van der Waals surface area (Å²) in [5.74, 6) is 0.776. The molecule has 0 aliphatic heterocycles. The Hall–Kier alpha value is -1.22. The summed E-state index contributed by atoms with van der Waals surface area (Å²) in [7, 11) is 0.